The molecule has 122 valence electrons. The van der Waals surface area contributed by atoms with Crippen molar-refractivity contribution in [2.45, 2.75) is 32.9 Å². The Bertz CT molecular complexity index is 716. The average molecular weight is 335 g/mol. The molecular formula is C16H19ClN4O2. The fraction of sp³-hybridized carbons (Fsp3) is 0.438. The second kappa shape index (κ2) is 6.68. The van der Waals surface area contributed by atoms with Crippen molar-refractivity contribution in [3.8, 4) is 5.82 Å². The number of hydrogen-bond acceptors (Lipinski definition) is 4. The minimum absolute atomic E-state index is 0.0833. The van der Waals surface area contributed by atoms with Crippen LogP contribution in [0.1, 0.15) is 24.6 Å². The van der Waals surface area contributed by atoms with Gasteiger partial charge in [0.1, 0.15) is 6.10 Å². The number of carbonyl (C=O) groups excluding carboxylic acids is 1. The van der Waals surface area contributed by atoms with Crippen molar-refractivity contribution in [3.63, 3.8) is 0 Å². The lowest BCUT2D eigenvalue weighted by molar-refractivity contribution is -0.131. The molecule has 2 aromatic heterocycles. The number of nitrogens with zero attached hydrogens (tertiary/aromatic N) is 3. The van der Waals surface area contributed by atoms with E-state index in [2.05, 4.69) is 15.4 Å². The maximum atomic E-state index is 12.2. The number of pyridine rings is 1. The van der Waals surface area contributed by atoms with Gasteiger partial charge in [0.05, 0.1) is 17.4 Å². The number of carbonyl (C=O) groups is 1. The molecule has 2 aromatic rings. The normalized spacial score (nSPS) is 20.7. The van der Waals surface area contributed by atoms with E-state index >= 15 is 0 Å². The third kappa shape index (κ3) is 3.54. The summed E-state index contributed by atoms with van der Waals surface area (Å²) in [6.07, 6.45) is 3.80. The van der Waals surface area contributed by atoms with Crippen LogP contribution < -0.4 is 5.32 Å². The molecule has 1 aliphatic rings. The first-order valence-corrected chi connectivity index (χ1v) is 7.99. The molecule has 0 radical (unpaired) electrons. The molecule has 3 heterocycles. The van der Waals surface area contributed by atoms with E-state index in [4.69, 9.17) is 16.3 Å². The monoisotopic (exact) mass is 334 g/mol. The van der Waals surface area contributed by atoms with Crippen molar-refractivity contribution >= 4 is 17.5 Å². The molecule has 1 fully saturated rings. The Labute approximate surface area is 139 Å². The summed E-state index contributed by atoms with van der Waals surface area (Å²) in [5, 5.41) is 7.66. The highest BCUT2D eigenvalue weighted by Crippen LogP contribution is 2.20. The van der Waals surface area contributed by atoms with Crippen molar-refractivity contribution in [2.24, 2.45) is 5.92 Å². The zero-order chi connectivity index (χ0) is 16.4. The van der Waals surface area contributed by atoms with E-state index in [1.807, 2.05) is 26.0 Å². The van der Waals surface area contributed by atoms with Crippen LogP contribution in [0.2, 0.25) is 5.02 Å². The highest BCUT2D eigenvalue weighted by atomic mass is 35.5. The van der Waals surface area contributed by atoms with Crippen LogP contribution in [0.4, 0.5) is 0 Å². The minimum Gasteiger partial charge on any atom is -0.368 e. The van der Waals surface area contributed by atoms with Crippen LogP contribution in [-0.4, -0.2) is 33.4 Å². The van der Waals surface area contributed by atoms with Crippen LogP contribution in [0.5, 0.6) is 0 Å². The first-order valence-electron chi connectivity index (χ1n) is 7.61. The van der Waals surface area contributed by atoms with Gasteiger partial charge in [-0.3, -0.25) is 4.79 Å². The van der Waals surface area contributed by atoms with Crippen LogP contribution in [0.15, 0.2) is 24.5 Å². The third-order valence-corrected chi connectivity index (χ3v) is 4.16. The van der Waals surface area contributed by atoms with Gasteiger partial charge in [0.25, 0.3) is 0 Å². The Kier molecular flexibility index (Phi) is 4.63. The van der Waals surface area contributed by atoms with Gasteiger partial charge >= 0.3 is 0 Å². The third-order valence-electron chi connectivity index (χ3n) is 3.96. The highest BCUT2D eigenvalue weighted by molar-refractivity contribution is 6.30. The molecule has 0 unspecified atom stereocenters. The molecule has 1 aliphatic heterocycles. The standard InChI is InChI=1S/C16H19ClN4O2/c1-10-5-6-23-14(10)16(22)18-7-12-4-3-11(2)20-15(12)21-9-13(17)8-19-21/h3-4,8-10,14H,5-7H2,1-2H3,(H,18,22)/t10-,14+/m1/s1. The number of rotatable bonds is 4. The molecule has 1 amide bonds. The van der Waals surface area contributed by atoms with Crippen molar-refractivity contribution in [1.82, 2.24) is 20.1 Å². The fourth-order valence-electron chi connectivity index (χ4n) is 2.64. The molecule has 1 N–H and O–H groups in total. The summed E-state index contributed by atoms with van der Waals surface area (Å²) < 4.78 is 7.11. The molecule has 7 heteroatoms. The summed E-state index contributed by atoms with van der Waals surface area (Å²) in [4.78, 5) is 16.8. The smallest absolute Gasteiger partial charge is 0.249 e. The quantitative estimate of drug-likeness (QED) is 0.931. The Hall–Kier alpha value is -1.92. The number of ether oxygens (including phenoxy) is 1. The van der Waals surface area contributed by atoms with Gasteiger partial charge in [-0.25, -0.2) is 9.67 Å². The first kappa shape index (κ1) is 16.0. The summed E-state index contributed by atoms with van der Waals surface area (Å²) in [6.45, 7) is 4.95. The molecule has 0 spiro atoms. The summed E-state index contributed by atoms with van der Waals surface area (Å²) >= 11 is 5.93. The second-order valence-electron chi connectivity index (χ2n) is 5.81. The van der Waals surface area contributed by atoms with E-state index in [0.29, 0.717) is 24.0 Å². The second-order valence-corrected chi connectivity index (χ2v) is 6.25. The number of aromatic nitrogens is 3. The van der Waals surface area contributed by atoms with E-state index in [0.717, 1.165) is 17.7 Å². The molecule has 6 nitrogen and oxygen atoms in total. The van der Waals surface area contributed by atoms with Gasteiger partial charge in [-0.15, -0.1) is 0 Å². The van der Waals surface area contributed by atoms with Crippen LogP contribution in [0.25, 0.3) is 5.82 Å². The van der Waals surface area contributed by atoms with E-state index in [1.165, 1.54) is 0 Å². The Morgan fingerprint density at radius 2 is 2.35 bits per heavy atom. The highest BCUT2D eigenvalue weighted by Gasteiger charge is 2.30. The zero-order valence-electron chi connectivity index (χ0n) is 13.1. The van der Waals surface area contributed by atoms with E-state index in [9.17, 15) is 4.79 Å². The summed E-state index contributed by atoms with van der Waals surface area (Å²) in [5.41, 5.74) is 1.74. The summed E-state index contributed by atoms with van der Waals surface area (Å²) in [7, 11) is 0. The van der Waals surface area contributed by atoms with Crippen molar-refractivity contribution in [3.05, 3.63) is 40.8 Å². The summed E-state index contributed by atoms with van der Waals surface area (Å²) in [6, 6.07) is 3.84. The topological polar surface area (TPSA) is 69.0 Å². The molecule has 0 aromatic carbocycles. The Morgan fingerprint density at radius 3 is 3.00 bits per heavy atom. The molecule has 1 saturated heterocycles. The lowest BCUT2D eigenvalue weighted by atomic mass is 10.0. The number of halogens is 1. The summed E-state index contributed by atoms with van der Waals surface area (Å²) in [5.74, 6) is 0.827. The molecule has 0 bridgehead atoms. The number of aryl methyl sites for hydroxylation is 1. The van der Waals surface area contributed by atoms with E-state index in [1.54, 1.807) is 17.1 Å². The minimum atomic E-state index is -0.365. The van der Waals surface area contributed by atoms with E-state index in [-0.39, 0.29) is 17.9 Å². The van der Waals surface area contributed by atoms with Gasteiger partial charge in [0.2, 0.25) is 5.91 Å². The lowest BCUT2D eigenvalue weighted by Crippen LogP contribution is -2.37. The van der Waals surface area contributed by atoms with Gasteiger partial charge < -0.3 is 10.1 Å². The predicted molar refractivity (Wildman–Crippen MR) is 86.5 cm³/mol. The molecular weight excluding hydrogens is 316 g/mol. The molecule has 23 heavy (non-hydrogen) atoms. The van der Waals surface area contributed by atoms with Crippen LogP contribution >= 0.6 is 11.6 Å². The Morgan fingerprint density at radius 1 is 1.52 bits per heavy atom. The van der Waals surface area contributed by atoms with Gasteiger partial charge in [0, 0.05) is 24.4 Å². The van der Waals surface area contributed by atoms with E-state index < -0.39 is 0 Å². The molecule has 0 saturated carbocycles. The average Bonchev–Trinajstić information content (AvgIpc) is 3.14. The van der Waals surface area contributed by atoms with Gasteiger partial charge in [-0.05, 0) is 25.3 Å². The fourth-order valence-corrected chi connectivity index (χ4v) is 2.77. The maximum Gasteiger partial charge on any atom is 0.249 e. The van der Waals surface area contributed by atoms with Crippen LogP contribution in [0.3, 0.4) is 0 Å². The van der Waals surface area contributed by atoms with Crippen LogP contribution in [-0.2, 0) is 16.1 Å². The number of hydrogen-bond donors (Lipinski definition) is 1. The number of amides is 1. The Balaban J connectivity index is 1.76. The first-order chi connectivity index (χ1) is 11.0. The van der Waals surface area contributed by atoms with Gasteiger partial charge in [-0.2, -0.15) is 5.10 Å². The van der Waals surface area contributed by atoms with Crippen molar-refractivity contribution < 1.29 is 9.53 Å². The van der Waals surface area contributed by atoms with Crippen LogP contribution in [0, 0.1) is 12.8 Å². The van der Waals surface area contributed by atoms with Crippen molar-refractivity contribution in [2.75, 3.05) is 6.61 Å². The van der Waals surface area contributed by atoms with Gasteiger partial charge in [-0.1, -0.05) is 24.6 Å². The lowest BCUT2D eigenvalue weighted by Gasteiger charge is -2.15. The molecule has 2 atom stereocenters. The SMILES string of the molecule is Cc1ccc(CNC(=O)[C@H]2OCC[C@H]2C)c(-n2cc(Cl)cn2)n1. The zero-order valence-corrected chi connectivity index (χ0v) is 13.9. The van der Waals surface area contributed by atoms with Crippen molar-refractivity contribution in [1.29, 1.82) is 0 Å². The largest absolute Gasteiger partial charge is 0.368 e. The predicted octanol–water partition coefficient (Wildman–Crippen LogP) is 2.27. The number of nitrogens with one attached hydrogen (secondary N) is 1. The molecule has 0 aliphatic carbocycles. The maximum absolute atomic E-state index is 12.2. The van der Waals surface area contributed by atoms with Gasteiger partial charge in [0.15, 0.2) is 5.82 Å². The molecule has 3 rings (SSSR count).